The Hall–Kier alpha value is -0.0400. The van der Waals surface area contributed by atoms with Gasteiger partial charge in [0.05, 0.1) is 0 Å². The fraction of sp³-hybridized carbons (Fsp3) is 1.00. The molecule has 0 N–H and O–H groups in total. The van der Waals surface area contributed by atoms with Crippen LogP contribution in [0.3, 0.4) is 0 Å². The highest BCUT2D eigenvalue weighted by Crippen LogP contribution is 2.35. The highest BCUT2D eigenvalue weighted by atomic mass is 15.1. The van der Waals surface area contributed by atoms with E-state index in [0.717, 1.165) is 12.0 Å². The van der Waals surface area contributed by atoms with Crippen LogP contribution in [0.25, 0.3) is 0 Å². The second-order valence-electron chi connectivity index (χ2n) is 3.60. The third-order valence-electron chi connectivity index (χ3n) is 3.03. The van der Waals surface area contributed by atoms with Crippen molar-refractivity contribution in [2.24, 2.45) is 5.92 Å². The summed E-state index contributed by atoms with van der Waals surface area (Å²) in [5.74, 6) is 1.10. The smallest absolute Gasteiger partial charge is 0.00949 e. The highest BCUT2D eigenvalue weighted by molar-refractivity contribution is 4.86. The SMILES string of the molecule is CN1CCC2CC[C@H]1C2. The number of hydrogen-bond acceptors (Lipinski definition) is 1. The van der Waals surface area contributed by atoms with Crippen molar-refractivity contribution in [2.45, 2.75) is 31.7 Å². The van der Waals surface area contributed by atoms with E-state index in [2.05, 4.69) is 11.9 Å². The van der Waals surface area contributed by atoms with Gasteiger partial charge in [-0.15, -0.1) is 0 Å². The Bertz CT molecular complexity index is 111. The molecule has 0 spiro atoms. The molecule has 2 fully saturated rings. The lowest BCUT2D eigenvalue weighted by molar-refractivity contribution is 0.193. The molecular weight excluding hydrogens is 110 g/mol. The summed E-state index contributed by atoms with van der Waals surface area (Å²) in [6.45, 7) is 1.36. The summed E-state index contributed by atoms with van der Waals surface area (Å²) in [5.41, 5.74) is 0. The van der Waals surface area contributed by atoms with Gasteiger partial charge < -0.3 is 4.90 Å². The summed E-state index contributed by atoms with van der Waals surface area (Å²) in [4.78, 5) is 2.53. The van der Waals surface area contributed by atoms with Gasteiger partial charge in [0.25, 0.3) is 0 Å². The molecule has 1 saturated heterocycles. The van der Waals surface area contributed by atoms with E-state index in [1.54, 1.807) is 0 Å². The van der Waals surface area contributed by atoms with Crippen LogP contribution in [-0.2, 0) is 0 Å². The summed E-state index contributed by atoms with van der Waals surface area (Å²) in [7, 11) is 2.27. The first-order chi connectivity index (χ1) is 4.36. The maximum Gasteiger partial charge on any atom is 0.00949 e. The van der Waals surface area contributed by atoms with E-state index in [9.17, 15) is 0 Å². The predicted molar refractivity (Wildman–Crippen MR) is 38.4 cm³/mol. The molecule has 1 unspecified atom stereocenters. The Kier molecular flexibility index (Phi) is 1.26. The molecule has 0 amide bonds. The molecule has 0 aromatic rings. The molecule has 2 aliphatic rings. The van der Waals surface area contributed by atoms with Crippen molar-refractivity contribution in [3.8, 4) is 0 Å². The average molecular weight is 125 g/mol. The van der Waals surface area contributed by atoms with Crippen LogP contribution >= 0.6 is 0 Å². The monoisotopic (exact) mass is 125 g/mol. The molecule has 1 aliphatic heterocycles. The van der Waals surface area contributed by atoms with E-state index in [4.69, 9.17) is 0 Å². The molecule has 2 bridgehead atoms. The topological polar surface area (TPSA) is 3.24 Å². The van der Waals surface area contributed by atoms with Crippen LogP contribution in [0.2, 0.25) is 0 Å². The number of rotatable bonds is 0. The zero-order chi connectivity index (χ0) is 6.27. The van der Waals surface area contributed by atoms with Gasteiger partial charge in [-0.3, -0.25) is 0 Å². The van der Waals surface area contributed by atoms with Gasteiger partial charge in [0.15, 0.2) is 0 Å². The molecule has 1 saturated carbocycles. The van der Waals surface area contributed by atoms with Crippen LogP contribution < -0.4 is 0 Å². The summed E-state index contributed by atoms with van der Waals surface area (Å²) < 4.78 is 0. The van der Waals surface area contributed by atoms with Gasteiger partial charge in [-0.25, -0.2) is 0 Å². The molecular formula is C8H15N. The van der Waals surface area contributed by atoms with Crippen LogP contribution in [0, 0.1) is 5.92 Å². The Morgan fingerprint density at radius 3 is 2.89 bits per heavy atom. The van der Waals surface area contributed by atoms with Crippen LogP contribution in [-0.4, -0.2) is 24.5 Å². The maximum atomic E-state index is 2.53. The molecule has 1 heterocycles. The highest BCUT2D eigenvalue weighted by Gasteiger charge is 2.31. The molecule has 1 heteroatoms. The Balaban J connectivity index is 2.05. The lowest BCUT2D eigenvalue weighted by Gasteiger charge is -2.29. The molecule has 2 atom stereocenters. The zero-order valence-electron chi connectivity index (χ0n) is 6.14. The summed E-state index contributed by atoms with van der Waals surface area (Å²) in [6.07, 6.45) is 5.94. The molecule has 0 aromatic heterocycles. The average Bonchev–Trinajstić information content (AvgIpc) is 2.25. The minimum Gasteiger partial charge on any atom is -0.303 e. The number of piperidine rings is 1. The second-order valence-corrected chi connectivity index (χ2v) is 3.60. The van der Waals surface area contributed by atoms with Gasteiger partial charge in [0, 0.05) is 6.04 Å². The van der Waals surface area contributed by atoms with Gasteiger partial charge in [-0.1, -0.05) is 0 Å². The van der Waals surface area contributed by atoms with Crippen molar-refractivity contribution < 1.29 is 0 Å². The van der Waals surface area contributed by atoms with Gasteiger partial charge in [0.1, 0.15) is 0 Å². The molecule has 2 rings (SSSR count). The van der Waals surface area contributed by atoms with E-state index < -0.39 is 0 Å². The normalized spacial score (nSPS) is 43.7. The maximum absolute atomic E-state index is 2.53. The molecule has 1 aliphatic carbocycles. The van der Waals surface area contributed by atoms with Gasteiger partial charge in [-0.05, 0) is 45.2 Å². The van der Waals surface area contributed by atoms with Crippen LogP contribution in [0.4, 0.5) is 0 Å². The molecule has 0 radical (unpaired) electrons. The van der Waals surface area contributed by atoms with E-state index in [1.807, 2.05) is 0 Å². The lowest BCUT2D eigenvalue weighted by Crippen LogP contribution is -2.34. The third kappa shape index (κ3) is 0.877. The van der Waals surface area contributed by atoms with E-state index in [-0.39, 0.29) is 0 Å². The molecule has 1 nitrogen and oxygen atoms in total. The largest absolute Gasteiger partial charge is 0.303 e. The van der Waals surface area contributed by atoms with Crippen LogP contribution in [0.15, 0.2) is 0 Å². The molecule has 52 valence electrons. The van der Waals surface area contributed by atoms with Crippen LogP contribution in [0.5, 0.6) is 0 Å². The van der Waals surface area contributed by atoms with Crippen molar-refractivity contribution >= 4 is 0 Å². The lowest BCUT2D eigenvalue weighted by atomic mass is 10.00. The fourth-order valence-electron chi connectivity index (χ4n) is 2.28. The first kappa shape index (κ1) is 5.72. The molecule has 9 heavy (non-hydrogen) atoms. The molecule has 0 aromatic carbocycles. The standard InChI is InChI=1S/C8H15N/c1-9-5-4-7-2-3-8(9)6-7/h7-8H,2-6H2,1H3/t7?,8-/m0/s1. The zero-order valence-corrected chi connectivity index (χ0v) is 6.14. The number of hydrogen-bond donors (Lipinski definition) is 0. The summed E-state index contributed by atoms with van der Waals surface area (Å²) in [6, 6.07) is 0.962. The fourth-order valence-corrected chi connectivity index (χ4v) is 2.28. The van der Waals surface area contributed by atoms with E-state index in [1.165, 1.54) is 32.2 Å². The van der Waals surface area contributed by atoms with Crippen molar-refractivity contribution in [2.75, 3.05) is 13.6 Å². The first-order valence-corrected chi connectivity index (χ1v) is 4.06. The minimum atomic E-state index is 0.962. The van der Waals surface area contributed by atoms with Crippen molar-refractivity contribution in [3.05, 3.63) is 0 Å². The number of fused-ring (bicyclic) bond motifs is 2. The number of likely N-dealkylation sites (tertiary alicyclic amines) is 1. The van der Waals surface area contributed by atoms with Crippen LogP contribution in [0.1, 0.15) is 25.7 Å². The Morgan fingerprint density at radius 1 is 1.22 bits per heavy atom. The Labute approximate surface area is 57.0 Å². The van der Waals surface area contributed by atoms with Gasteiger partial charge in [0.2, 0.25) is 0 Å². The third-order valence-corrected chi connectivity index (χ3v) is 3.03. The van der Waals surface area contributed by atoms with Crippen molar-refractivity contribution in [1.29, 1.82) is 0 Å². The first-order valence-electron chi connectivity index (χ1n) is 4.06. The predicted octanol–water partition coefficient (Wildman–Crippen LogP) is 1.49. The van der Waals surface area contributed by atoms with Gasteiger partial charge >= 0.3 is 0 Å². The van der Waals surface area contributed by atoms with E-state index >= 15 is 0 Å². The Morgan fingerprint density at radius 2 is 2.11 bits per heavy atom. The number of nitrogens with zero attached hydrogens (tertiary/aromatic N) is 1. The second kappa shape index (κ2) is 1.98. The summed E-state index contributed by atoms with van der Waals surface area (Å²) >= 11 is 0. The van der Waals surface area contributed by atoms with E-state index in [0.29, 0.717) is 0 Å². The van der Waals surface area contributed by atoms with Crippen molar-refractivity contribution in [3.63, 3.8) is 0 Å². The minimum absolute atomic E-state index is 0.962. The van der Waals surface area contributed by atoms with Crippen molar-refractivity contribution in [1.82, 2.24) is 4.90 Å². The quantitative estimate of drug-likeness (QED) is 0.474. The summed E-state index contributed by atoms with van der Waals surface area (Å²) in [5, 5.41) is 0. The van der Waals surface area contributed by atoms with Gasteiger partial charge in [-0.2, -0.15) is 0 Å².